The number of hydrogen-bond acceptors (Lipinski definition) is 7. The number of ether oxygens (including phenoxy) is 1. The van der Waals surface area contributed by atoms with Crippen molar-refractivity contribution in [2.24, 2.45) is 10.9 Å². The molecule has 0 radical (unpaired) electrons. The van der Waals surface area contributed by atoms with Crippen LogP contribution in [0, 0.1) is 12.8 Å². The van der Waals surface area contributed by atoms with Crippen molar-refractivity contribution < 1.29 is 19.4 Å². The number of thiazole rings is 1. The molecule has 9 heteroatoms. The molecule has 0 saturated carbocycles. The van der Waals surface area contributed by atoms with Crippen molar-refractivity contribution in [3.8, 4) is 0 Å². The fraction of sp³-hybridized carbons (Fsp3) is 0.619. The highest BCUT2D eigenvalue weighted by Gasteiger charge is 2.32. The standard InChI is InChI=1S/C21H32N4O4S/c1-11(2)12(3)13(4)22-15(6)19(26)24-16-8-9-25(10-17(16)29-7)21-23-14(5)18(30-21)20(27)28/h11,16-17H,8-10H2,1-7H3,(H,24,26)(H,27,28)/b13-12+,22-15?. The van der Waals surface area contributed by atoms with Crippen molar-refractivity contribution in [2.45, 2.75) is 60.1 Å². The number of hydrogen-bond donors (Lipinski definition) is 2. The van der Waals surface area contributed by atoms with Crippen LogP contribution in [0.1, 0.15) is 56.4 Å². The van der Waals surface area contributed by atoms with Gasteiger partial charge in [-0.05, 0) is 45.6 Å². The number of nitrogens with zero attached hydrogens (tertiary/aromatic N) is 3. The second kappa shape index (κ2) is 10.2. The van der Waals surface area contributed by atoms with Gasteiger partial charge in [-0.15, -0.1) is 0 Å². The Morgan fingerprint density at radius 1 is 1.33 bits per heavy atom. The van der Waals surface area contributed by atoms with E-state index < -0.39 is 5.97 Å². The smallest absolute Gasteiger partial charge is 0.347 e. The third kappa shape index (κ3) is 5.66. The van der Waals surface area contributed by atoms with Gasteiger partial charge in [-0.1, -0.05) is 25.2 Å². The molecular formula is C21H32N4O4S. The van der Waals surface area contributed by atoms with E-state index >= 15 is 0 Å². The maximum atomic E-state index is 12.7. The summed E-state index contributed by atoms with van der Waals surface area (Å²) in [6.45, 7) is 12.7. The van der Waals surface area contributed by atoms with Gasteiger partial charge < -0.3 is 20.1 Å². The summed E-state index contributed by atoms with van der Waals surface area (Å²) in [7, 11) is 1.61. The second-order valence-corrected chi connectivity index (χ2v) is 8.90. The van der Waals surface area contributed by atoms with E-state index in [1.807, 2.05) is 18.7 Å². The molecule has 1 fully saturated rings. The molecule has 30 heavy (non-hydrogen) atoms. The lowest BCUT2D eigenvalue weighted by Crippen LogP contribution is -2.55. The number of aromatic nitrogens is 1. The molecule has 1 aliphatic rings. The number of aryl methyl sites for hydroxylation is 1. The average molecular weight is 437 g/mol. The number of piperidine rings is 1. The zero-order valence-corrected chi connectivity index (χ0v) is 19.6. The zero-order chi connectivity index (χ0) is 22.6. The molecule has 2 unspecified atom stereocenters. The summed E-state index contributed by atoms with van der Waals surface area (Å²) >= 11 is 1.17. The van der Waals surface area contributed by atoms with Crippen LogP contribution in [0.5, 0.6) is 0 Å². The lowest BCUT2D eigenvalue weighted by atomic mass is 10.0. The van der Waals surface area contributed by atoms with Crippen LogP contribution in [0.4, 0.5) is 5.13 Å². The highest BCUT2D eigenvalue weighted by atomic mass is 32.1. The van der Waals surface area contributed by atoms with E-state index in [1.54, 1.807) is 21.0 Å². The van der Waals surface area contributed by atoms with Crippen LogP contribution in [0.15, 0.2) is 16.3 Å². The van der Waals surface area contributed by atoms with Gasteiger partial charge in [0.2, 0.25) is 0 Å². The normalized spacial score (nSPS) is 20.9. The van der Waals surface area contributed by atoms with Crippen molar-refractivity contribution in [3.63, 3.8) is 0 Å². The molecule has 2 heterocycles. The quantitative estimate of drug-likeness (QED) is 0.636. The topological polar surface area (TPSA) is 104 Å². The molecule has 1 aliphatic heterocycles. The van der Waals surface area contributed by atoms with E-state index in [9.17, 15) is 14.7 Å². The summed E-state index contributed by atoms with van der Waals surface area (Å²) in [4.78, 5) is 35.1. The first-order chi connectivity index (χ1) is 14.0. The molecule has 1 aromatic rings. The van der Waals surface area contributed by atoms with Crippen molar-refractivity contribution in [1.82, 2.24) is 10.3 Å². The van der Waals surface area contributed by atoms with E-state index in [4.69, 9.17) is 4.74 Å². The Labute approximate surface area is 182 Å². The van der Waals surface area contributed by atoms with Crippen molar-refractivity contribution in [1.29, 1.82) is 0 Å². The Morgan fingerprint density at radius 3 is 2.53 bits per heavy atom. The minimum absolute atomic E-state index is 0.153. The Morgan fingerprint density at radius 2 is 2.00 bits per heavy atom. The van der Waals surface area contributed by atoms with Gasteiger partial charge in [0.15, 0.2) is 5.13 Å². The van der Waals surface area contributed by atoms with Crippen LogP contribution >= 0.6 is 11.3 Å². The van der Waals surface area contributed by atoms with Crippen LogP contribution in [0.2, 0.25) is 0 Å². The van der Waals surface area contributed by atoms with E-state index in [-0.39, 0.29) is 22.9 Å². The van der Waals surface area contributed by atoms with Gasteiger partial charge in [-0.2, -0.15) is 0 Å². The number of rotatable bonds is 7. The number of aromatic carboxylic acids is 1. The summed E-state index contributed by atoms with van der Waals surface area (Å²) < 4.78 is 5.63. The summed E-state index contributed by atoms with van der Waals surface area (Å²) in [5.41, 5.74) is 2.96. The molecular weight excluding hydrogens is 404 g/mol. The highest BCUT2D eigenvalue weighted by molar-refractivity contribution is 7.17. The molecule has 1 saturated heterocycles. The maximum absolute atomic E-state index is 12.7. The largest absolute Gasteiger partial charge is 0.477 e. The minimum Gasteiger partial charge on any atom is -0.477 e. The number of aliphatic imine (C=N–C) groups is 1. The van der Waals surface area contributed by atoms with Crippen LogP contribution in [0.3, 0.4) is 0 Å². The van der Waals surface area contributed by atoms with E-state index in [0.717, 1.165) is 11.3 Å². The predicted molar refractivity (Wildman–Crippen MR) is 120 cm³/mol. The summed E-state index contributed by atoms with van der Waals surface area (Å²) in [5.74, 6) is -0.791. The van der Waals surface area contributed by atoms with Crippen LogP contribution in [-0.4, -0.2) is 60.0 Å². The fourth-order valence-corrected chi connectivity index (χ4v) is 4.23. The fourth-order valence-electron chi connectivity index (χ4n) is 3.29. The molecule has 1 amide bonds. The molecule has 0 aromatic carbocycles. The van der Waals surface area contributed by atoms with E-state index in [0.29, 0.717) is 42.0 Å². The molecule has 2 N–H and O–H groups in total. The third-order valence-corrected chi connectivity index (χ3v) is 6.74. The number of carbonyl (C=O) groups excluding carboxylic acids is 1. The van der Waals surface area contributed by atoms with Gasteiger partial charge in [-0.3, -0.25) is 9.79 Å². The number of amides is 1. The summed E-state index contributed by atoms with van der Waals surface area (Å²) in [6, 6.07) is -0.153. The zero-order valence-electron chi connectivity index (χ0n) is 18.8. The predicted octanol–water partition coefficient (Wildman–Crippen LogP) is 3.27. The van der Waals surface area contributed by atoms with E-state index in [2.05, 4.69) is 29.1 Å². The average Bonchev–Trinajstić information content (AvgIpc) is 3.09. The number of methoxy groups -OCH3 is 1. The van der Waals surface area contributed by atoms with Crippen LogP contribution in [-0.2, 0) is 9.53 Å². The first kappa shape index (κ1) is 24.0. The number of carbonyl (C=O) groups is 2. The molecule has 0 aliphatic carbocycles. The molecule has 166 valence electrons. The van der Waals surface area contributed by atoms with Crippen molar-refractivity contribution in [2.75, 3.05) is 25.1 Å². The SMILES string of the molecule is COC1CN(c2nc(C)c(C(=O)O)s2)CCC1NC(=O)C(C)=N/C(C)=C(\C)C(C)C. The van der Waals surface area contributed by atoms with Gasteiger partial charge in [0.1, 0.15) is 10.6 Å². The lowest BCUT2D eigenvalue weighted by molar-refractivity contribution is -0.116. The molecule has 2 atom stereocenters. The molecule has 1 aromatic heterocycles. The Balaban J connectivity index is 2.07. The maximum Gasteiger partial charge on any atom is 0.347 e. The highest BCUT2D eigenvalue weighted by Crippen LogP contribution is 2.29. The second-order valence-electron chi connectivity index (χ2n) is 7.93. The summed E-state index contributed by atoms with van der Waals surface area (Å²) in [6.07, 6.45) is 0.431. The summed E-state index contributed by atoms with van der Waals surface area (Å²) in [5, 5.41) is 13.0. The third-order valence-electron chi connectivity index (χ3n) is 5.53. The monoisotopic (exact) mass is 436 g/mol. The number of anilines is 1. The van der Waals surface area contributed by atoms with Gasteiger partial charge in [0.05, 0.1) is 17.8 Å². The number of allylic oxidation sites excluding steroid dienone is 2. The molecule has 2 rings (SSSR count). The van der Waals surface area contributed by atoms with Crippen LogP contribution < -0.4 is 10.2 Å². The Bertz CT molecular complexity index is 859. The Kier molecular flexibility index (Phi) is 8.14. The number of carboxylic acids is 1. The van der Waals surface area contributed by atoms with Gasteiger partial charge >= 0.3 is 5.97 Å². The molecule has 0 bridgehead atoms. The number of nitrogens with one attached hydrogen (secondary N) is 1. The van der Waals surface area contributed by atoms with Crippen molar-refractivity contribution in [3.05, 3.63) is 21.8 Å². The number of carboxylic acid groups (broad SMARTS) is 1. The van der Waals surface area contributed by atoms with Gasteiger partial charge in [0, 0.05) is 25.9 Å². The van der Waals surface area contributed by atoms with Crippen molar-refractivity contribution >= 4 is 34.1 Å². The first-order valence-electron chi connectivity index (χ1n) is 10.1. The minimum atomic E-state index is -0.964. The first-order valence-corrected chi connectivity index (χ1v) is 10.9. The molecule has 8 nitrogen and oxygen atoms in total. The lowest BCUT2D eigenvalue weighted by Gasteiger charge is -2.37. The van der Waals surface area contributed by atoms with Gasteiger partial charge in [-0.25, -0.2) is 9.78 Å². The van der Waals surface area contributed by atoms with Crippen LogP contribution in [0.25, 0.3) is 0 Å². The molecule has 0 spiro atoms. The van der Waals surface area contributed by atoms with Gasteiger partial charge in [0.25, 0.3) is 5.91 Å². The Hall–Kier alpha value is -2.26. The van der Waals surface area contributed by atoms with E-state index in [1.165, 1.54) is 11.3 Å².